The van der Waals surface area contributed by atoms with E-state index in [-0.39, 0.29) is 17.9 Å². The molecule has 31 heavy (non-hydrogen) atoms. The van der Waals surface area contributed by atoms with Crippen molar-refractivity contribution in [3.63, 3.8) is 0 Å². The van der Waals surface area contributed by atoms with Gasteiger partial charge in [0.1, 0.15) is 11.3 Å². The first-order valence-corrected chi connectivity index (χ1v) is 10.5. The van der Waals surface area contributed by atoms with E-state index < -0.39 is 11.7 Å². The maximum absolute atomic E-state index is 12.7. The fourth-order valence-electron chi connectivity index (χ4n) is 3.32. The number of benzene rings is 2. The van der Waals surface area contributed by atoms with Crippen LogP contribution in [0.1, 0.15) is 23.0 Å². The molecule has 1 N–H and O–H groups in total. The van der Waals surface area contributed by atoms with E-state index in [0.29, 0.717) is 17.0 Å². The monoisotopic (exact) mass is 478 g/mol. The van der Waals surface area contributed by atoms with Crippen LogP contribution < -0.4 is 5.69 Å². The summed E-state index contributed by atoms with van der Waals surface area (Å²) in [5, 5.41) is 4.76. The number of rotatable bonds is 5. The van der Waals surface area contributed by atoms with Crippen molar-refractivity contribution in [3.8, 4) is 28.2 Å². The number of esters is 1. The predicted molar refractivity (Wildman–Crippen MR) is 121 cm³/mol. The Hall–Kier alpha value is -3.52. The van der Waals surface area contributed by atoms with Gasteiger partial charge in [0, 0.05) is 27.5 Å². The van der Waals surface area contributed by atoms with Gasteiger partial charge in [0.25, 0.3) is 0 Å². The molecule has 0 aliphatic carbocycles. The Bertz CT molecular complexity index is 1290. The van der Waals surface area contributed by atoms with Crippen molar-refractivity contribution in [2.75, 3.05) is 6.61 Å². The van der Waals surface area contributed by atoms with Gasteiger partial charge in [0.2, 0.25) is 0 Å². The zero-order chi connectivity index (χ0) is 22.0. The number of aromatic amines is 1. The normalized spacial score (nSPS) is 10.8. The van der Waals surface area contributed by atoms with E-state index in [1.54, 1.807) is 24.7 Å². The van der Waals surface area contributed by atoms with Gasteiger partial charge in [-0.3, -0.25) is 0 Å². The molecule has 0 bridgehead atoms. The molecule has 7 nitrogen and oxygen atoms in total. The number of nitrogens with zero attached hydrogens (tertiary/aromatic N) is 3. The summed E-state index contributed by atoms with van der Waals surface area (Å²) in [5.74, 6) is -0.548. The molecule has 2 heterocycles. The Morgan fingerprint density at radius 2 is 1.81 bits per heavy atom. The van der Waals surface area contributed by atoms with Gasteiger partial charge >= 0.3 is 11.7 Å². The molecule has 0 spiro atoms. The van der Waals surface area contributed by atoms with Crippen molar-refractivity contribution in [2.24, 2.45) is 0 Å². The van der Waals surface area contributed by atoms with Crippen LogP contribution in [0, 0.1) is 6.92 Å². The Labute approximate surface area is 186 Å². The van der Waals surface area contributed by atoms with E-state index in [1.807, 2.05) is 54.6 Å². The van der Waals surface area contributed by atoms with Crippen molar-refractivity contribution in [1.29, 1.82) is 0 Å². The Balaban J connectivity index is 2.00. The molecule has 0 saturated carbocycles. The molecule has 156 valence electrons. The Morgan fingerprint density at radius 3 is 2.48 bits per heavy atom. The number of carbonyl (C=O) groups is 1. The van der Waals surface area contributed by atoms with Crippen LogP contribution in [0.4, 0.5) is 0 Å². The van der Waals surface area contributed by atoms with Crippen molar-refractivity contribution in [3.05, 3.63) is 87.0 Å². The summed E-state index contributed by atoms with van der Waals surface area (Å²) in [4.78, 5) is 31.7. The number of carbonyl (C=O) groups excluding carboxylic acids is 1. The summed E-state index contributed by atoms with van der Waals surface area (Å²) < 4.78 is 7.87. The number of para-hydroxylation sites is 1. The number of nitrogens with one attached hydrogen (secondary N) is 1. The van der Waals surface area contributed by atoms with E-state index in [1.165, 1.54) is 0 Å². The van der Waals surface area contributed by atoms with Gasteiger partial charge in [-0.25, -0.2) is 14.3 Å². The van der Waals surface area contributed by atoms with Crippen LogP contribution in [0.2, 0.25) is 0 Å². The van der Waals surface area contributed by atoms with Crippen molar-refractivity contribution in [2.45, 2.75) is 13.8 Å². The third-order valence-corrected chi connectivity index (χ3v) is 5.24. The highest BCUT2D eigenvalue weighted by molar-refractivity contribution is 9.10. The fraction of sp³-hybridized carbons (Fsp3) is 0.130. The second-order valence-electron chi connectivity index (χ2n) is 6.79. The van der Waals surface area contributed by atoms with Gasteiger partial charge in [0.15, 0.2) is 0 Å². The highest BCUT2D eigenvalue weighted by Gasteiger charge is 2.24. The number of H-pyrrole nitrogens is 1. The summed E-state index contributed by atoms with van der Waals surface area (Å²) in [5.41, 5.74) is 3.11. The summed E-state index contributed by atoms with van der Waals surface area (Å²) in [7, 11) is 0. The van der Waals surface area contributed by atoms with Gasteiger partial charge in [0.05, 0.1) is 18.0 Å². The molecule has 0 atom stereocenters. The van der Waals surface area contributed by atoms with Gasteiger partial charge in [-0.05, 0) is 38.1 Å². The number of aryl methyl sites for hydroxylation is 1. The molecule has 2 aromatic carbocycles. The molecule has 4 aromatic rings. The lowest BCUT2D eigenvalue weighted by molar-refractivity contribution is 0.0525. The first kappa shape index (κ1) is 20.7. The number of aromatic nitrogens is 4. The van der Waals surface area contributed by atoms with Crippen molar-refractivity contribution < 1.29 is 9.53 Å². The largest absolute Gasteiger partial charge is 0.462 e. The van der Waals surface area contributed by atoms with Crippen LogP contribution in [-0.2, 0) is 4.74 Å². The molecular weight excluding hydrogens is 460 g/mol. The smallest absolute Gasteiger partial charge is 0.345 e. The quantitative estimate of drug-likeness (QED) is 0.425. The zero-order valence-corrected chi connectivity index (χ0v) is 18.5. The van der Waals surface area contributed by atoms with E-state index in [4.69, 9.17) is 9.84 Å². The number of ether oxygens (including phenoxy) is 1. The minimum Gasteiger partial charge on any atom is -0.462 e. The lowest BCUT2D eigenvalue weighted by Gasteiger charge is -2.10. The van der Waals surface area contributed by atoms with Crippen LogP contribution in [-0.4, -0.2) is 32.3 Å². The van der Waals surface area contributed by atoms with E-state index in [0.717, 1.165) is 15.7 Å². The molecule has 0 aliphatic heterocycles. The molecule has 0 radical (unpaired) electrons. The first-order chi connectivity index (χ1) is 15.0. The number of hydrogen-bond donors (Lipinski definition) is 1. The third kappa shape index (κ3) is 4.20. The molecule has 0 amide bonds. The topological polar surface area (TPSA) is 89.9 Å². The van der Waals surface area contributed by atoms with Gasteiger partial charge < -0.3 is 9.72 Å². The number of hydrogen-bond acceptors (Lipinski definition) is 5. The lowest BCUT2D eigenvalue weighted by atomic mass is 10.0. The Kier molecular flexibility index (Phi) is 5.81. The lowest BCUT2D eigenvalue weighted by Crippen LogP contribution is -2.19. The van der Waals surface area contributed by atoms with Gasteiger partial charge in [-0.15, -0.1) is 0 Å². The summed E-state index contributed by atoms with van der Waals surface area (Å²) in [6.07, 6.45) is 1.77. The van der Waals surface area contributed by atoms with Crippen LogP contribution in [0.15, 0.2) is 70.1 Å². The average Bonchev–Trinajstić information content (AvgIpc) is 3.20. The van der Waals surface area contributed by atoms with E-state index >= 15 is 0 Å². The van der Waals surface area contributed by atoms with Crippen LogP contribution in [0.25, 0.3) is 28.2 Å². The number of halogens is 1. The van der Waals surface area contributed by atoms with Gasteiger partial charge in [-0.1, -0.05) is 46.3 Å². The Morgan fingerprint density at radius 1 is 1.10 bits per heavy atom. The second-order valence-corrected chi connectivity index (χ2v) is 7.71. The summed E-state index contributed by atoms with van der Waals surface area (Å²) >= 11 is 3.45. The molecule has 0 unspecified atom stereocenters. The van der Waals surface area contributed by atoms with E-state index in [2.05, 4.69) is 25.9 Å². The molecule has 0 aliphatic rings. The minimum absolute atomic E-state index is 0.208. The molecule has 8 heteroatoms. The highest BCUT2D eigenvalue weighted by atomic mass is 79.9. The maximum atomic E-state index is 12.7. The molecule has 4 rings (SSSR count). The van der Waals surface area contributed by atoms with Gasteiger partial charge in [-0.2, -0.15) is 10.1 Å². The predicted octanol–water partition coefficient (Wildman–Crippen LogP) is 4.54. The molecule has 0 saturated heterocycles. The summed E-state index contributed by atoms with van der Waals surface area (Å²) in [6.45, 7) is 3.59. The summed E-state index contributed by atoms with van der Waals surface area (Å²) in [6, 6.07) is 17.2. The zero-order valence-electron chi connectivity index (χ0n) is 16.9. The molecular formula is C23H19BrN4O3. The van der Waals surface area contributed by atoms with Crippen LogP contribution in [0.3, 0.4) is 0 Å². The molecule has 2 aromatic heterocycles. The minimum atomic E-state index is -0.548. The molecule has 0 fully saturated rings. The standard InChI is InChI=1S/C23H19BrN4O3/c1-3-31-22(29)19-14(2)25-23(30)26-21(19)18-13-28(17-7-5-4-6-8-17)27-20(18)15-9-11-16(24)12-10-15/h4-13H,3H2,1-2H3,(H,25,26,30). The van der Waals surface area contributed by atoms with Crippen molar-refractivity contribution in [1.82, 2.24) is 19.7 Å². The van der Waals surface area contributed by atoms with Crippen molar-refractivity contribution >= 4 is 21.9 Å². The maximum Gasteiger partial charge on any atom is 0.345 e. The average molecular weight is 479 g/mol. The fourth-order valence-corrected chi connectivity index (χ4v) is 3.58. The van der Waals surface area contributed by atoms with Crippen LogP contribution >= 0.6 is 15.9 Å². The second kappa shape index (κ2) is 8.69. The SMILES string of the molecule is CCOC(=O)c1c(-c2cn(-c3ccccc3)nc2-c2ccc(Br)cc2)nc(=O)[nH]c1C. The van der Waals surface area contributed by atoms with Crippen LogP contribution in [0.5, 0.6) is 0 Å². The highest BCUT2D eigenvalue weighted by Crippen LogP contribution is 2.34. The third-order valence-electron chi connectivity index (χ3n) is 4.71. The first-order valence-electron chi connectivity index (χ1n) is 9.67. The van der Waals surface area contributed by atoms with E-state index in [9.17, 15) is 9.59 Å².